The van der Waals surface area contributed by atoms with Gasteiger partial charge in [-0.05, 0) is 94.3 Å². The van der Waals surface area contributed by atoms with Gasteiger partial charge in [0.05, 0.1) is 0 Å². The van der Waals surface area contributed by atoms with Crippen molar-refractivity contribution in [3.8, 4) is 22.3 Å². The van der Waals surface area contributed by atoms with Crippen molar-refractivity contribution in [3.05, 3.63) is 80.8 Å². The summed E-state index contributed by atoms with van der Waals surface area (Å²) >= 11 is 0. The summed E-state index contributed by atoms with van der Waals surface area (Å²) in [5, 5.41) is 0. The molecule has 0 atom stereocenters. The van der Waals surface area contributed by atoms with Crippen LogP contribution in [-0.2, 0) is 0 Å². The van der Waals surface area contributed by atoms with Crippen LogP contribution in [0.3, 0.4) is 0 Å². The molecular formula is C27H34LiNSi. The average molecular weight is 408 g/mol. The van der Waals surface area contributed by atoms with Gasteiger partial charge >= 0.3 is 18.9 Å². The van der Waals surface area contributed by atoms with E-state index < -0.39 is 8.24 Å². The fourth-order valence-electron chi connectivity index (χ4n) is 4.61. The number of hydrogen-bond acceptors (Lipinski definition) is 0. The van der Waals surface area contributed by atoms with Crippen LogP contribution in [0.2, 0.25) is 19.6 Å². The molecule has 0 aliphatic heterocycles. The minimum atomic E-state index is -1.69. The fourth-order valence-corrected chi connectivity index (χ4v) is 5.52. The zero-order valence-electron chi connectivity index (χ0n) is 20.5. The normalized spacial score (nSPS) is 11.2. The van der Waals surface area contributed by atoms with Gasteiger partial charge in [0.1, 0.15) is 0 Å². The third kappa shape index (κ3) is 5.12. The molecule has 0 aliphatic rings. The maximum absolute atomic E-state index is 5.39. The van der Waals surface area contributed by atoms with Gasteiger partial charge in [-0.15, -0.1) is 5.69 Å². The zero-order valence-corrected chi connectivity index (χ0v) is 21.5. The van der Waals surface area contributed by atoms with E-state index in [1.54, 1.807) is 0 Å². The molecule has 152 valence electrons. The number of hydrogen-bond donors (Lipinski definition) is 0. The van der Waals surface area contributed by atoms with E-state index in [4.69, 9.17) is 4.98 Å². The molecule has 3 aromatic rings. The van der Waals surface area contributed by atoms with Gasteiger partial charge in [-0.25, -0.2) is 0 Å². The molecule has 3 heteroatoms. The summed E-state index contributed by atoms with van der Waals surface area (Å²) in [6, 6.07) is 15.9. The van der Waals surface area contributed by atoms with Gasteiger partial charge in [0, 0.05) is 0 Å². The molecule has 0 N–H and O–H groups in total. The van der Waals surface area contributed by atoms with E-state index in [0.717, 1.165) is 5.69 Å². The smallest absolute Gasteiger partial charge is 0.686 e. The van der Waals surface area contributed by atoms with Gasteiger partial charge < -0.3 is 4.98 Å². The summed E-state index contributed by atoms with van der Waals surface area (Å²) in [6.07, 6.45) is 0. The maximum Gasteiger partial charge on any atom is 1.00 e. The number of benzene rings is 3. The molecule has 1 nitrogen and oxygen atoms in total. The molecule has 0 unspecified atom stereocenters. The monoisotopic (exact) mass is 407 g/mol. The van der Waals surface area contributed by atoms with Crippen molar-refractivity contribution in [2.24, 2.45) is 0 Å². The second-order valence-electron chi connectivity index (χ2n) is 9.53. The molecule has 0 heterocycles. The van der Waals surface area contributed by atoms with Crippen LogP contribution in [-0.4, -0.2) is 8.24 Å². The molecule has 0 aromatic heterocycles. The van der Waals surface area contributed by atoms with Crippen molar-refractivity contribution in [3.63, 3.8) is 0 Å². The van der Waals surface area contributed by atoms with Crippen LogP contribution in [0, 0.1) is 41.5 Å². The maximum atomic E-state index is 5.39. The summed E-state index contributed by atoms with van der Waals surface area (Å²) in [7, 11) is -1.69. The molecule has 0 fully saturated rings. The summed E-state index contributed by atoms with van der Waals surface area (Å²) < 4.78 is 0. The summed E-state index contributed by atoms with van der Waals surface area (Å²) in [5.74, 6) is 0. The Morgan fingerprint density at radius 3 is 1.23 bits per heavy atom. The van der Waals surface area contributed by atoms with Gasteiger partial charge in [0.25, 0.3) is 0 Å². The van der Waals surface area contributed by atoms with E-state index in [0.29, 0.717) is 0 Å². The average Bonchev–Trinajstić information content (AvgIpc) is 2.54. The molecule has 0 spiro atoms. The first-order chi connectivity index (χ1) is 13.5. The molecule has 0 amide bonds. The van der Waals surface area contributed by atoms with E-state index in [9.17, 15) is 0 Å². The quantitative estimate of drug-likeness (QED) is 0.492. The number of nitrogens with zero attached hydrogens (tertiary/aromatic N) is 1. The van der Waals surface area contributed by atoms with Gasteiger partial charge in [-0.2, -0.15) is 0 Å². The van der Waals surface area contributed by atoms with Crippen molar-refractivity contribution in [2.75, 3.05) is 0 Å². The Hall–Kier alpha value is -1.73. The standard InChI is InChI=1S/C27H34NSi.Li/c1-17-13-19(3)25(20(4)14-17)23-11-10-12-24(27(23)28-29(7,8)9)26-21(5)15-18(2)16-22(26)6;/h10-16H,1-9H3;/q-1;+1. The molecule has 0 saturated heterocycles. The van der Waals surface area contributed by atoms with Crippen LogP contribution in [0.1, 0.15) is 33.4 Å². The summed E-state index contributed by atoms with van der Waals surface area (Å²) in [5.41, 5.74) is 14.3. The SMILES string of the molecule is Cc1cc(C)c(-c2cccc(-c3c(C)cc(C)cc3C)c2[N-][Si](C)(C)C)c(C)c1.[Li+]. The van der Waals surface area contributed by atoms with Crippen LogP contribution in [0.15, 0.2) is 42.5 Å². The largest absolute Gasteiger partial charge is 1.00 e. The van der Waals surface area contributed by atoms with E-state index in [1.165, 1.54) is 55.6 Å². The Balaban J connectivity index is 0.00000320. The molecule has 3 aromatic carbocycles. The minimum Gasteiger partial charge on any atom is -0.686 e. The minimum absolute atomic E-state index is 0. The third-order valence-electron chi connectivity index (χ3n) is 5.38. The van der Waals surface area contributed by atoms with Crippen LogP contribution in [0.25, 0.3) is 27.2 Å². The van der Waals surface area contributed by atoms with E-state index in [2.05, 4.69) is 104 Å². The first-order valence-electron chi connectivity index (χ1n) is 10.5. The van der Waals surface area contributed by atoms with Crippen LogP contribution in [0.5, 0.6) is 0 Å². The zero-order chi connectivity index (χ0) is 21.5. The Morgan fingerprint density at radius 2 is 0.933 bits per heavy atom. The van der Waals surface area contributed by atoms with E-state index in [-0.39, 0.29) is 18.9 Å². The summed E-state index contributed by atoms with van der Waals surface area (Å²) in [6.45, 7) is 20.2. The van der Waals surface area contributed by atoms with E-state index >= 15 is 0 Å². The summed E-state index contributed by atoms with van der Waals surface area (Å²) in [4.78, 5) is 5.39. The van der Waals surface area contributed by atoms with Crippen molar-refractivity contribution in [1.29, 1.82) is 0 Å². The van der Waals surface area contributed by atoms with Gasteiger partial charge in [0.15, 0.2) is 0 Å². The van der Waals surface area contributed by atoms with Crippen LogP contribution < -0.4 is 18.9 Å². The Morgan fingerprint density at radius 1 is 0.600 bits per heavy atom. The molecule has 0 bridgehead atoms. The molecule has 0 radical (unpaired) electrons. The third-order valence-corrected chi connectivity index (χ3v) is 6.27. The molecule has 0 saturated carbocycles. The number of aryl methyl sites for hydroxylation is 6. The fraction of sp³-hybridized carbons (Fsp3) is 0.333. The van der Waals surface area contributed by atoms with Crippen molar-refractivity contribution < 1.29 is 18.9 Å². The molecule has 30 heavy (non-hydrogen) atoms. The van der Waals surface area contributed by atoms with Gasteiger partial charge in [0.2, 0.25) is 0 Å². The predicted molar refractivity (Wildman–Crippen MR) is 132 cm³/mol. The van der Waals surface area contributed by atoms with Crippen LogP contribution in [0.4, 0.5) is 5.69 Å². The van der Waals surface area contributed by atoms with E-state index in [1.807, 2.05) is 0 Å². The Labute approximate surface area is 196 Å². The van der Waals surface area contributed by atoms with Crippen LogP contribution >= 0.6 is 0 Å². The Kier molecular flexibility index (Phi) is 7.51. The molecule has 0 aliphatic carbocycles. The molecule has 3 rings (SSSR count). The van der Waals surface area contributed by atoms with Crippen molar-refractivity contribution >= 4 is 13.9 Å². The second-order valence-corrected chi connectivity index (χ2v) is 14.1. The predicted octanol–water partition coefficient (Wildman–Crippen LogP) is 5.72. The number of rotatable bonds is 4. The Bertz CT molecular complexity index is 955. The topological polar surface area (TPSA) is 14.1 Å². The van der Waals surface area contributed by atoms with Crippen molar-refractivity contribution in [2.45, 2.75) is 61.2 Å². The van der Waals surface area contributed by atoms with Gasteiger partial charge in [-0.1, -0.05) is 73.2 Å². The molecular weight excluding hydrogens is 373 g/mol. The first kappa shape index (κ1) is 24.5. The van der Waals surface area contributed by atoms with Crippen molar-refractivity contribution in [1.82, 2.24) is 0 Å². The van der Waals surface area contributed by atoms with Gasteiger partial charge in [-0.3, -0.25) is 0 Å². The second kappa shape index (κ2) is 9.19. The first-order valence-corrected chi connectivity index (χ1v) is 13.9.